The van der Waals surface area contributed by atoms with Crippen molar-refractivity contribution in [1.82, 2.24) is 24.6 Å². The number of hydrazine groups is 1. The van der Waals surface area contributed by atoms with Gasteiger partial charge >= 0.3 is 0 Å². The molecule has 3 rings (SSSR count). The molecule has 0 amide bonds. The highest BCUT2D eigenvalue weighted by Crippen LogP contribution is 2.19. The second kappa shape index (κ2) is 6.22. The van der Waals surface area contributed by atoms with Crippen molar-refractivity contribution >= 4 is 42.8 Å². The Morgan fingerprint density at radius 2 is 1.96 bits per heavy atom. The molecule has 2 N–H and O–H groups in total. The molecule has 0 atom stereocenters. The molecule has 0 aliphatic carbocycles. The minimum Gasteiger partial charge on any atom is -0.291 e. The summed E-state index contributed by atoms with van der Waals surface area (Å²) < 4.78 is 27.0. The number of hydrogen-bond donors (Lipinski definition) is 2. The lowest BCUT2D eigenvalue weighted by atomic mass is 10.4. The molecule has 0 aliphatic heterocycles. The summed E-state index contributed by atoms with van der Waals surface area (Å²) in [7, 11) is -3.71. The fourth-order valence-electron chi connectivity index (χ4n) is 2.01. The van der Waals surface area contributed by atoms with E-state index in [0.717, 1.165) is 4.47 Å². The van der Waals surface area contributed by atoms with Gasteiger partial charge in [0.2, 0.25) is 0 Å². The van der Waals surface area contributed by atoms with E-state index in [1.165, 1.54) is 18.5 Å². The minimum absolute atomic E-state index is 0.141. The van der Waals surface area contributed by atoms with Crippen LogP contribution in [0.15, 0.2) is 46.2 Å². The van der Waals surface area contributed by atoms with Crippen molar-refractivity contribution < 1.29 is 8.42 Å². The number of aromatic nitrogens is 4. The molecule has 0 saturated carbocycles. The predicted octanol–water partition coefficient (Wildman–Crippen LogP) is 1.91. The Labute approximate surface area is 141 Å². The fourth-order valence-corrected chi connectivity index (χ4v) is 3.12. The van der Waals surface area contributed by atoms with Crippen molar-refractivity contribution in [2.24, 2.45) is 0 Å². The molecule has 0 fully saturated rings. The first-order valence-electron chi connectivity index (χ1n) is 6.71. The van der Waals surface area contributed by atoms with Crippen molar-refractivity contribution in [2.45, 2.75) is 18.4 Å². The number of anilines is 1. The Kier molecular flexibility index (Phi) is 4.28. The van der Waals surface area contributed by atoms with Crippen LogP contribution in [0.5, 0.6) is 0 Å². The Bertz CT molecular complexity index is 939. The summed E-state index contributed by atoms with van der Waals surface area (Å²) in [6.07, 6.45) is 2.95. The number of aryl methyl sites for hydroxylation is 1. The molecule has 0 unspecified atom stereocenters. The lowest BCUT2D eigenvalue weighted by Gasteiger charge is -2.09. The molecular formula is C13H13BrN6O2S. The SMILES string of the molecule is CCn1ncc2c(NNS(=O)(=O)c3ccc(Br)cc3)ncnc21. The summed E-state index contributed by atoms with van der Waals surface area (Å²) in [6, 6.07) is 6.31. The monoisotopic (exact) mass is 396 g/mol. The van der Waals surface area contributed by atoms with Crippen LogP contribution in [0.2, 0.25) is 0 Å². The molecule has 0 spiro atoms. The molecular weight excluding hydrogens is 384 g/mol. The molecule has 23 heavy (non-hydrogen) atoms. The van der Waals surface area contributed by atoms with Gasteiger partial charge in [-0.25, -0.2) is 23.1 Å². The highest BCUT2D eigenvalue weighted by Gasteiger charge is 2.15. The molecule has 1 aromatic carbocycles. The van der Waals surface area contributed by atoms with Crippen molar-refractivity contribution in [3.05, 3.63) is 41.3 Å². The maximum absolute atomic E-state index is 12.3. The Hall–Kier alpha value is -2.04. The van der Waals surface area contributed by atoms with E-state index in [4.69, 9.17) is 0 Å². The van der Waals surface area contributed by atoms with Gasteiger partial charge in [0.05, 0.1) is 16.5 Å². The van der Waals surface area contributed by atoms with Crippen LogP contribution in [0.1, 0.15) is 6.92 Å². The summed E-state index contributed by atoms with van der Waals surface area (Å²) in [5.41, 5.74) is 3.26. The summed E-state index contributed by atoms with van der Waals surface area (Å²) >= 11 is 3.27. The van der Waals surface area contributed by atoms with Gasteiger partial charge in [0.15, 0.2) is 11.5 Å². The molecule has 0 bridgehead atoms. The quantitative estimate of drug-likeness (QED) is 0.638. The number of hydrogen-bond acceptors (Lipinski definition) is 6. The molecule has 3 aromatic rings. The van der Waals surface area contributed by atoms with E-state index in [0.29, 0.717) is 23.4 Å². The standard InChI is InChI=1S/C13H13BrN6O2S/c1-2-20-13-11(7-17-20)12(15-8-16-13)18-19-23(21,22)10-5-3-9(14)4-6-10/h3-8,19H,2H2,1H3,(H,15,16,18). The average molecular weight is 397 g/mol. The molecule has 120 valence electrons. The van der Waals surface area contributed by atoms with E-state index >= 15 is 0 Å². The Balaban J connectivity index is 1.85. The van der Waals surface area contributed by atoms with Crippen molar-refractivity contribution in [3.63, 3.8) is 0 Å². The second-order valence-electron chi connectivity index (χ2n) is 4.60. The summed E-state index contributed by atoms with van der Waals surface area (Å²) in [5.74, 6) is 0.343. The van der Waals surface area contributed by atoms with Gasteiger partial charge in [0, 0.05) is 11.0 Å². The van der Waals surface area contributed by atoms with Crippen molar-refractivity contribution in [3.8, 4) is 0 Å². The molecule has 0 radical (unpaired) electrons. The Morgan fingerprint density at radius 3 is 2.65 bits per heavy atom. The molecule has 0 saturated heterocycles. The van der Waals surface area contributed by atoms with Gasteiger partial charge in [0.1, 0.15) is 6.33 Å². The lowest BCUT2D eigenvalue weighted by Crippen LogP contribution is -2.30. The van der Waals surface area contributed by atoms with Gasteiger partial charge in [-0.1, -0.05) is 15.9 Å². The average Bonchev–Trinajstić information content (AvgIpc) is 2.97. The van der Waals surface area contributed by atoms with Crippen LogP contribution in [0, 0.1) is 0 Å². The summed E-state index contributed by atoms with van der Waals surface area (Å²) in [4.78, 5) is 10.7. The maximum Gasteiger partial charge on any atom is 0.257 e. The second-order valence-corrected chi connectivity index (χ2v) is 7.20. The van der Waals surface area contributed by atoms with Crippen LogP contribution in [-0.4, -0.2) is 28.2 Å². The van der Waals surface area contributed by atoms with E-state index < -0.39 is 10.0 Å². The van der Waals surface area contributed by atoms with E-state index in [1.54, 1.807) is 23.0 Å². The van der Waals surface area contributed by atoms with Gasteiger partial charge in [-0.3, -0.25) is 5.43 Å². The van der Waals surface area contributed by atoms with E-state index in [-0.39, 0.29) is 4.90 Å². The normalized spacial score (nSPS) is 11.7. The van der Waals surface area contributed by atoms with Gasteiger partial charge in [-0.2, -0.15) is 5.10 Å². The van der Waals surface area contributed by atoms with Crippen molar-refractivity contribution in [1.29, 1.82) is 0 Å². The third-order valence-corrected chi connectivity index (χ3v) is 4.95. The van der Waals surface area contributed by atoms with Crippen molar-refractivity contribution in [2.75, 3.05) is 5.43 Å². The zero-order valence-electron chi connectivity index (χ0n) is 12.1. The van der Waals surface area contributed by atoms with Gasteiger partial charge in [-0.15, -0.1) is 4.83 Å². The molecule has 0 aliphatic rings. The first kappa shape index (κ1) is 15.8. The molecule has 10 heteroatoms. The lowest BCUT2D eigenvalue weighted by molar-refractivity contribution is 0.587. The van der Waals surface area contributed by atoms with Crippen LogP contribution < -0.4 is 10.3 Å². The zero-order chi connectivity index (χ0) is 16.4. The maximum atomic E-state index is 12.3. The number of halogens is 1. The first-order chi connectivity index (χ1) is 11.0. The number of rotatable bonds is 5. The number of fused-ring (bicyclic) bond motifs is 1. The zero-order valence-corrected chi connectivity index (χ0v) is 14.5. The number of nitrogens with zero attached hydrogens (tertiary/aromatic N) is 4. The largest absolute Gasteiger partial charge is 0.291 e. The van der Waals surface area contributed by atoms with Crippen LogP contribution in [0.25, 0.3) is 11.0 Å². The van der Waals surface area contributed by atoms with Crippen LogP contribution in [-0.2, 0) is 16.6 Å². The summed E-state index contributed by atoms with van der Waals surface area (Å²) in [5, 5.41) is 4.81. The smallest absolute Gasteiger partial charge is 0.257 e. The van der Waals surface area contributed by atoms with E-state index in [2.05, 4.69) is 41.3 Å². The summed E-state index contributed by atoms with van der Waals surface area (Å²) in [6.45, 7) is 2.60. The third kappa shape index (κ3) is 3.19. The minimum atomic E-state index is -3.71. The molecule has 2 heterocycles. The number of sulfonamides is 1. The number of nitrogens with one attached hydrogen (secondary N) is 2. The van der Waals surface area contributed by atoms with Gasteiger partial charge < -0.3 is 0 Å². The third-order valence-electron chi connectivity index (χ3n) is 3.16. The topological polar surface area (TPSA) is 102 Å². The van der Waals surface area contributed by atoms with Crippen LogP contribution in [0.3, 0.4) is 0 Å². The van der Waals surface area contributed by atoms with Crippen LogP contribution in [0.4, 0.5) is 5.82 Å². The first-order valence-corrected chi connectivity index (χ1v) is 8.99. The van der Waals surface area contributed by atoms with Gasteiger partial charge in [0.25, 0.3) is 10.0 Å². The van der Waals surface area contributed by atoms with Crippen LogP contribution >= 0.6 is 15.9 Å². The highest BCUT2D eigenvalue weighted by atomic mass is 79.9. The Morgan fingerprint density at radius 1 is 1.22 bits per heavy atom. The number of benzene rings is 1. The highest BCUT2D eigenvalue weighted by molar-refractivity contribution is 9.10. The fraction of sp³-hybridized carbons (Fsp3) is 0.154. The molecule has 2 aromatic heterocycles. The molecule has 8 nitrogen and oxygen atoms in total. The van der Waals surface area contributed by atoms with Gasteiger partial charge in [-0.05, 0) is 31.2 Å². The van der Waals surface area contributed by atoms with E-state index in [9.17, 15) is 8.42 Å². The van der Waals surface area contributed by atoms with E-state index in [1.807, 2.05) is 6.92 Å². The predicted molar refractivity (Wildman–Crippen MR) is 89.1 cm³/mol.